The lowest BCUT2D eigenvalue weighted by atomic mass is 9.75. The van der Waals surface area contributed by atoms with E-state index in [4.69, 9.17) is 0 Å². The normalized spacial score (nSPS) is 23.6. The highest BCUT2D eigenvalue weighted by Gasteiger charge is 2.57. The molecule has 0 aliphatic carbocycles. The van der Waals surface area contributed by atoms with Crippen molar-refractivity contribution >= 4 is 28.7 Å². The van der Waals surface area contributed by atoms with E-state index in [9.17, 15) is 19.2 Å². The monoisotopic (exact) mass is 501 g/mol. The van der Waals surface area contributed by atoms with E-state index in [1.807, 2.05) is 52.7 Å². The predicted molar refractivity (Wildman–Crippen MR) is 138 cm³/mol. The number of imide groups is 2. The van der Waals surface area contributed by atoms with Crippen molar-refractivity contribution in [1.82, 2.24) is 23.8 Å². The third-order valence-electron chi connectivity index (χ3n) is 8.52. The Bertz CT molecular complexity index is 1480. The Morgan fingerprint density at radius 3 is 2.35 bits per heavy atom. The summed E-state index contributed by atoms with van der Waals surface area (Å²) in [5.41, 5.74) is 1.54. The Morgan fingerprint density at radius 1 is 0.865 bits per heavy atom. The van der Waals surface area contributed by atoms with Crippen molar-refractivity contribution in [3.63, 3.8) is 0 Å². The van der Waals surface area contributed by atoms with Crippen LogP contribution in [0.3, 0.4) is 0 Å². The molecule has 4 amide bonds. The molecule has 0 radical (unpaired) electrons. The molecular weight excluding hydrogens is 470 g/mol. The van der Waals surface area contributed by atoms with E-state index < -0.39 is 23.3 Å². The van der Waals surface area contributed by atoms with E-state index in [1.165, 1.54) is 14.1 Å². The Hall–Kier alpha value is -3.72. The van der Waals surface area contributed by atoms with Gasteiger partial charge in [0.2, 0.25) is 11.8 Å². The second kappa shape index (κ2) is 8.41. The number of barbiturate groups is 1. The van der Waals surface area contributed by atoms with Crippen molar-refractivity contribution < 1.29 is 14.4 Å². The summed E-state index contributed by atoms with van der Waals surface area (Å²) < 4.78 is 3.88. The van der Waals surface area contributed by atoms with Gasteiger partial charge in [-0.3, -0.25) is 24.2 Å². The molecular formula is C28H31N5O4. The fourth-order valence-corrected chi connectivity index (χ4v) is 6.87. The number of piperidine rings is 1. The average molecular weight is 502 g/mol. The third-order valence-corrected chi connectivity index (χ3v) is 8.52. The number of likely N-dealkylation sites (tertiary alicyclic amines) is 1. The number of benzene rings is 1. The number of fused-ring (bicyclic) bond motifs is 5. The second-order valence-electron chi connectivity index (χ2n) is 10.9. The summed E-state index contributed by atoms with van der Waals surface area (Å²) in [6.45, 7) is 2.20. The maximum Gasteiger partial charge on any atom is 0.332 e. The number of pyridine rings is 1. The average Bonchev–Trinajstić information content (AvgIpc) is 3.21. The lowest BCUT2D eigenvalue weighted by Crippen LogP contribution is -2.67. The maximum absolute atomic E-state index is 13.9. The van der Waals surface area contributed by atoms with Crippen LogP contribution >= 0.6 is 0 Å². The third kappa shape index (κ3) is 3.55. The van der Waals surface area contributed by atoms with Crippen LogP contribution < -0.4 is 5.56 Å². The van der Waals surface area contributed by atoms with Crippen LogP contribution in [0, 0.1) is 11.3 Å². The zero-order valence-electron chi connectivity index (χ0n) is 21.4. The minimum absolute atomic E-state index is 0.0208. The molecule has 1 aromatic carbocycles. The van der Waals surface area contributed by atoms with Crippen LogP contribution in [0.25, 0.3) is 10.9 Å². The van der Waals surface area contributed by atoms with Gasteiger partial charge >= 0.3 is 6.03 Å². The number of para-hydroxylation sites is 1. The van der Waals surface area contributed by atoms with Crippen molar-refractivity contribution in [2.24, 2.45) is 18.4 Å². The van der Waals surface area contributed by atoms with Gasteiger partial charge in [0, 0.05) is 82.1 Å². The highest BCUT2D eigenvalue weighted by atomic mass is 16.2. The smallest absolute Gasteiger partial charge is 0.332 e. The first-order valence-electron chi connectivity index (χ1n) is 12.7. The molecule has 2 fully saturated rings. The number of carbonyl (C=O) groups is 3. The van der Waals surface area contributed by atoms with Gasteiger partial charge in [-0.05, 0) is 36.5 Å². The maximum atomic E-state index is 13.9. The van der Waals surface area contributed by atoms with E-state index in [1.54, 1.807) is 12.1 Å². The molecule has 0 saturated carbocycles. The van der Waals surface area contributed by atoms with Crippen LogP contribution in [0.4, 0.5) is 4.79 Å². The van der Waals surface area contributed by atoms with Crippen LogP contribution in [-0.4, -0.2) is 75.4 Å². The molecule has 9 heteroatoms. The van der Waals surface area contributed by atoms with Crippen LogP contribution in [0.15, 0.2) is 53.5 Å². The molecule has 2 unspecified atom stereocenters. The van der Waals surface area contributed by atoms with E-state index in [2.05, 4.69) is 4.90 Å². The first-order chi connectivity index (χ1) is 17.7. The first-order valence-corrected chi connectivity index (χ1v) is 12.7. The fourth-order valence-electron chi connectivity index (χ4n) is 6.87. The molecule has 3 aliphatic rings. The lowest BCUT2D eigenvalue weighted by molar-refractivity contribution is -0.159. The van der Waals surface area contributed by atoms with Gasteiger partial charge in [0.1, 0.15) is 5.41 Å². The Morgan fingerprint density at radius 2 is 1.59 bits per heavy atom. The summed E-state index contributed by atoms with van der Waals surface area (Å²) in [6.07, 6.45) is 3.17. The molecule has 3 aliphatic heterocycles. The van der Waals surface area contributed by atoms with Crippen LogP contribution in [0.1, 0.15) is 23.6 Å². The summed E-state index contributed by atoms with van der Waals surface area (Å²) in [5, 5.41) is 0.996. The minimum Gasteiger partial charge on any atom is -0.350 e. The fraction of sp³-hybridized carbons (Fsp3) is 0.429. The number of hydrogen-bond acceptors (Lipinski definition) is 5. The Kier molecular flexibility index (Phi) is 5.38. The SMILES string of the molecule is CN1C(=O)N(C)C(=O)C(Cc2cn(C)c3ccccc23)(CN2CC3CC(C2)c2cccc(=O)n2C3)C1=O. The van der Waals surface area contributed by atoms with Gasteiger partial charge in [-0.25, -0.2) is 4.79 Å². The molecule has 2 saturated heterocycles. The summed E-state index contributed by atoms with van der Waals surface area (Å²) in [6, 6.07) is 12.8. The van der Waals surface area contributed by atoms with Crippen molar-refractivity contribution in [3.05, 3.63) is 70.3 Å². The molecule has 0 spiro atoms. The Labute approximate surface area is 214 Å². The molecule has 2 atom stereocenters. The molecule has 6 rings (SSSR count). The number of carbonyl (C=O) groups excluding carboxylic acids is 3. The summed E-state index contributed by atoms with van der Waals surface area (Å²) >= 11 is 0. The van der Waals surface area contributed by atoms with Gasteiger partial charge in [-0.2, -0.15) is 0 Å². The molecule has 5 heterocycles. The van der Waals surface area contributed by atoms with Crippen molar-refractivity contribution in [3.8, 4) is 0 Å². The lowest BCUT2D eigenvalue weighted by Gasteiger charge is -2.48. The number of amides is 4. The minimum atomic E-state index is -1.43. The zero-order valence-corrected chi connectivity index (χ0v) is 21.4. The van der Waals surface area contributed by atoms with E-state index >= 15 is 0 Å². The van der Waals surface area contributed by atoms with Crippen LogP contribution in [-0.2, 0) is 29.6 Å². The van der Waals surface area contributed by atoms with Crippen LogP contribution in [0.5, 0.6) is 0 Å². The van der Waals surface area contributed by atoms with E-state index in [-0.39, 0.29) is 30.4 Å². The van der Waals surface area contributed by atoms with Gasteiger partial charge < -0.3 is 14.0 Å². The molecule has 9 nitrogen and oxygen atoms in total. The number of aromatic nitrogens is 2. The highest BCUT2D eigenvalue weighted by Crippen LogP contribution is 2.40. The molecule has 3 aromatic rings. The summed E-state index contributed by atoms with van der Waals surface area (Å²) in [5.74, 6) is -0.504. The number of urea groups is 1. The highest BCUT2D eigenvalue weighted by molar-refractivity contribution is 6.19. The van der Waals surface area contributed by atoms with Gasteiger partial charge in [-0.1, -0.05) is 24.3 Å². The predicted octanol–water partition coefficient (Wildman–Crippen LogP) is 2.04. The number of rotatable bonds is 4. The quantitative estimate of drug-likeness (QED) is 0.511. The second-order valence-corrected chi connectivity index (χ2v) is 10.9. The standard InChI is InChI=1S/C28H31N5O4/c1-29-15-20(21-7-4-5-8-23(21)29)12-28(25(35)30(2)27(37)31(3)26(28)36)17-32-13-18-11-19(16-32)22-9-6-10-24(34)33(22)14-18/h4-10,15,18-19H,11-14,16-17H2,1-3H3. The largest absolute Gasteiger partial charge is 0.350 e. The molecule has 2 bridgehead atoms. The van der Waals surface area contributed by atoms with Crippen molar-refractivity contribution in [2.75, 3.05) is 33.7 Å². The van der Waals surface area contributed by atoms with Gasteiger partial charge in [0.25, 0.3) is 5.56 Å². The number of nitrogens with zero attached hydrogens (tertiary/aromatic N) is 5. The van der Waals surface area contributed by atoms with Crippen molar-refractivity contribution in [1.29, 1.82) is 0 Å². The summed E-state index contributed by atoms with van der Waals surface area (Å²) in [4.78, 5) is 57.3. The molecule has 192 valence electrons. The van der Waals surface area contributed by atoms with E-state index in [0.29, 0.717) is 19.6 Å². The number of hydrogen-bond donors (Lipinski definition) is 0. The van der Waals surface area contributed by atoms with Gasteiger partial charge in [-0.15, -0.1) is 0 Å². The zero-order chi connectivity index (χ0) is 26.1. The van der Waals surface area contributed by atoms with E-state index in [0.717, 1.165) is 38.4 Å². The summed E-state index contributed by atoms with van der Waals surface area (Å²) in [7, 11) is 4.87. The first kappa shape index (κ1) is 23.7. The van der Waals surface area contributed by atoms with Gasteiger partial charge in [0.15, 0.2) is 0 Å². The van der Waals surface area contributed by atoms with Crippen molar-refractivity contribution in [2.45, 2.75) is 25.3 Å². The topological polar surface area (TPSA) is 87.9 Å². The molecule has 37 heavy (non-hydrogen) atoms. The number of aryl methyl sites for hydroxylation is 1. The van der Waals surface area contributed by atoms with Crippen LogP contribution in [0.2, 0.25) is 0 Å². The Balaban J connectivity index is 1.40. The van der Waals surface area contributed by atoms with Gasteiger partial charge in [0.05, 0.1) is 0 Å². The molecule has 2 aromatic heterocycles. The molecule has 0 N–H and O–H groups in total.